The fraction of sp³-hybridized carbons (Fsp3) is 0.500. The average Bonchev–Trinajstić information content (AvgIpc) is 2.47. The molecule has 20 heavy (non-hydrogen) atoms. The Morgan fingerprint density at radius 1 is 1.30 bits per heavy atom. The highest BCUT2D eigenvalue weighted by Gasteiger charge is 2.13. The van der Waals surface area contributed by atoms with Gasteiger partial charge in [0.1, 0.15) is 12.9 Å². The number of benzene rings is 1. The fourth-order valence-electron chi connectivity index (χ4n) is 1.57. The van der Waals surface area contributed by atoms with Crippen molar-refractivity contribution in [3.05, 3.63) is 35.9 Å². The van der Waals surface area contributed by atoms with Crippen LogP contribution in [0.2, 0.25) is 0 Å². The summed E-state index contributed by atoms with van der Waals surface area (Å²) in [5.41, 5.74) is 0.916. The predicted octanol–water partition coefficient (Wildman–Crippen LogP) is 3.80. The number of amides is 1. The summed E-state index contributed by atoms with van der Waals surface area (Å²) in [7, 11) is 0. The van der Waals surface area contributed by atoms with Crippen LogP contribution in [0.25, 0.3) is 0 Å². The second kappa shape index (κ2) is 11.0. The summed E-state index contributed by atoms with van der Waals surface area (Å²) in [5.74, 6) is 0.342. The zero-order valence-corrected chi connectivity index (χ0v) is 12.8. The maximum Gasteiger partial charge on any atom is 0.408 e. The summed E-state index contributed by atoms with van der Waals surface area (Å²) in [6.45, 7) is 8.20. The SMILES string of the molecule is CC.CC(C)C[C@@H](C=O)NC(=O)OCc1ccccc1.[HH]. The predicted molar refractivity (Wildman–Crippen MR) is 82.5 cm³/mol. The lowest BCUT2D eigenvalue weighted by Crippen LogP contribution is -2.37. The van der Waals surface area contributed by atoms with Gasteiger partial charge in [0.2, 0.25) is 0 Å². The van der Waals surface area contributed by atoms with E-state index in [-0.39, 0.29) is 8.03 Å². The van der Waals surface area contributed by atoms with Crippen LogP contribution in [0.1, 0.15) is 41.1 Å². The minimum absolute atomic E-state index is 0. The highest BCUT2D eigenvalue weighted by Crippen LogP contribution is 2.04. The van der Waals surface area contributed by atoms with Crippen LogP contribution in [-0.2, 0) is 16.1 Å². The van der Waals surface area contributed by atoms with Gasteiger partial charge in [0.15, 0.2) is 0 Å². The lowest BCUT2D eigenvalue weighted by molar-refractivity contribution is -0.109. The number of aldehydes is 1. The summed E-state index contributed by atoms with van der Waals surface area (Å²) in [4.78, 5) is 22.3. The van der Waals surface area contributed by atoms with Crippen molar-refractivity contribution in [3.8, 4) is 0 Å². The smallest absolute Gasteiger partial charge is 0.408 e. The van der Waals surface area contributed by atoms with E-state index in [1.54, 1.807) is 0 Å². The maximum atomic E-state index is 11.5. The van der Waals surface area contributed by atoms with E-state index in [0.717, 1.165) is 11.8 Å². The van der Waals surface area contributed by atoms with Gasteiger partial charge in [-0.25, -0.2) is 4.79 Å². The molecule has 0 radical (unpaired) electrons. The van der Waals surface area contributed by atoms with Crippen molar-refractivity contribution in [2.75, 3.05) is 0 Å². The van der Waals surface area contributed by atoms with Gasteiger partial charge in [-0.3, -0.25) is 0 Å². The molecule has 1 atom stereocenters. The van der Waals surface area contributed by atoms with Crippen LogP contribution in [0.5, 0.6) is 0 Å². The Bertz CT molecular complexity index is 382. The first-order valence-corrected chi connectivity index (χ1v) is 7.04. The maximum absolute atomic E-state index is 11.5. The van der Waals surface area contributed by atoms with E-state index >= 15 is 0 Å². The van der Waals surface area contributed by atoms with Gasteiger partial charge in [-0.2, -0.15) is 0 Å². The Balaban J connectivity index is 0. The molecule has 0 heterocycles. The molecule has 114 valence electrons. The Morgan fingerprint density at radius 2 is 1.90 bits per heavy atom. The van der Waals surface area contributed by atoms with Crippen LogP contribution in [0.15, 0.2) is 30.3 Å². The number of carbonyl (C=O) groups excluding carboxylic acids is 2. The van der Waals surface area contributed by atoms with Gasteiger partial charge >= 0.3 is 6.09 Å². The Morgan fingerprint density at radius 3 is 2.40 bits per heavy atom. The molecular formula is C16H27NO3. The average molecular weight is 281 g/mol. The van der Waals surface area contributed by atoms with Gasteiger partial charge in [0, 0.05) is 1.43 Å². The standard InChI is InChI=1S/C14H19NO3.C2H6.H2/c1-11(2)8-13(9-16)15-14(17)18-10-12-6-4-3-5-7-12;1-2;/h3-7,9,11,13H,8,10H2,1-2H3,(H,15,17);1-2H3;1H/t13-;;/m0../s1. The zero-order valence-electron chi connectivity index (χ0n) is 12.8. The topological polar surface area (TPSA) is 55.4 Å². The van der Waals surface area contributed by atoms with E-state index < -0.39 is 12.1 Å². The number of alkyl carbamates (subject to hydrolysis) is 1. The molecule has 0 aromatic heterocycles. The van der Waals surface area contributed by atoms with Crippen molar-refractivity contribution < 1.29 is 15.8 Å². The summed E-state index contributed by atoms with van der Waals surface area (Å²) in [6, 6.07) is 8.92. The minimum Gasteiger partial charge on any atom is -0.445 e. The van der Waals surface area contributed by atoms with Gasteiger partial charge in [-0.05, 0) is 17.9 Å². The molecule has 1 rings (SSSR count). The molecule has 0 fully saturated rings. The summed E-state index contributed by atoms with van der Waals surface area (Å²) in [5, 5.41) is 2.54. The molecule has 1 amide bonds. The van der Waals surface area contributed by atoms with Gasteiger partial charge in [-0.15, -0.1) is 0 Å². The minimum atomic E-state index is -0.559. The van der Waals surface area contributed by atoms with Crippen LogP contribution in [-0.4, -0.2) is 18.4 Å². The molecule has 0 saturated carbocycles. The number of rotatable bonds is 6. The van der Waals surface area contributed by atoms with E-state index in [2.05, 4.69) is 5.32 Å². The Kier molecular flexibility index (Phi) is 10.0. The number of nitrogens with one attached hydrogen (secondary N) is 1. The van der Waals surface area contributed by atoms with Crippen molar-refractivity contribution in [2.45, 2.75) is 46.8 Å². The van der Waals surface area contributed by atoms with Gasteiger partial charge in [-0.1, -0.05) is 58.0 Å². The molecule has 0 aliphatic carbocycles. The third-order valence-corrected chi connectivity index (χ3v) is 2.41. The molecule has 0 bridgehead atoms. The van der Waals surface area contributed by atoms with Crippen LogP contribution in [0.4, 0.5) is 4.79 Å². The van der Waals surface area contributed by atoms with Crippen molar-refractivity contribution in [2.24, 2.45) is 5.92 Å². The zero-order chi connectivity index (χ0) is 15.4. The summed E-state index contributed by atoms with van der Waals surface area (Å²) >= 11 is 0. The Labute approximate surface area is 123 Å². The van der Waals surface area contributed by atoms with Crippen molar-refractivity contribution in [1.29, 1.82) is 0 Å². The molecule has 4 nitrogen and oxygen atoms in total. The van der Waals surface area contributed by atoms with Crippen molar-refractivity contribution >= 4 is 12.4 Å². The van der Waals surface area contributed by atoms with Gasteiger partial charge in [0.05, 0.1) is 6.04 Å². The van der Waals surface area contributed by atoms with Crippen molar-refractivity contribution in [3.63, 3.8) is 0 Å². The first-order chi connectivity index (χ1) is 9.61. The number of carbonyl (C=O) groups is 2. The van der Waals surface area contributed by atoms with E-state index in [1.807, 2.05) is 58.0 Å². The third-order valence-electron chi connectivity index (χ3n) is 2.41. The molecule has 0 saturated heterocycles. The second-order valence-electron chi connectivity index (χ2n) is 4.58. The largest absolute Gasteiger partial charge is 0.445 e. The molecular weight excluding hydrogens is 254 g/mol. The summed E-state index contributed by atoms with van der Waals surface area (Å²) < 4.78 is 5.03. The molecule has 4 heteroatoms. The highest BCUT2D eigenvalue weighted by atomic mass is 16.5. The third kappa shape index (κ3) is 8.29. The molecule has 1 aromatic rings. The molecule has 1 N–H and O–H groups in total. The number of hydrogen-bond donors (Lipinski definition) is 1. The Hall–Kier alpha value is -1.84. The van der Waals surface area contributed by atoms with Crippen molar-refractivity contribution in [1.82, 2.24) is 5.32 Å². The molecule has 0 spiro atoms. The van der Waals surface area contributed by atoms with Crippen LogP contribution in [0, 0.1) is 5.92 Å². The molecule has 0 aliphatic heterocycles. The van der Waals surface area contributed by atoms with Crippen LogP contribution >= 0.6 is 0 Å². The van der Waals surface area contributed by atoms with Gasteiger partial charge < -0.3 is 14.8 Å². The van der Waals surface area contributed by atoms with E-state index in [9.17, 15) is 9.59 Å². The molecule has 0 unspecified atom stereocenters. The van der Waals surface area contributed by atoms with E-state index in [1.165, 1.54) is 0 Å². The number of ether oxygens (including phenoxy) is 1. The van der Waals surface area contributed by atoms with Gasteiger partial charge in [0.25, 0.3) is 0 Å². The highest BCUT2D eigenvalue weighted by molar-refractivity contribution is 5.73. The quantitative estimate of drug-likeness (QED) is 0.807. The van der Waals surface area contributed by atoms with E-state index in [4.69, 9.17) is 4.74 Å². The monoisotopic (exact) mass is 281 g/mol. The molecule has 0 aliphatic rings. The van der Waals surface area contributed by atoms with Crippen LogP contribution < -0.4 is 5.32 Å². The van der Waals surface area contributed by atoms with E-state index in [0.29, 0.717) is 12.3 Å². The number of hydrogen-bond acceptors (Lipinski definition) is 3. The first-order valence-electron chi connectivity index (χ1n) is 7.04. The lowest BCUT2D eigenvalue weighted by atomic mass is 10.1. The van der Waals surface area contributed by atoms with Crippen LogP contribution in [0.3, 0.4) is 0 Å². The second-order valence-corrected chi connectivity index (χ2v) is 4.58. The first kappa shape index (κ1) is 18.2. The summed E-state index contributed by atoms with van der Waals surface area (Å²) in [6.07, 6.45) is 0.796. The molecule has 1 aromatic carbocycles. The fourth-order valence-corrected chi connectivity index (χ4v) is 1.57. The lowest BCUT2D eigenvalue weighted by Gasteiger charge is -2.14. The normalized spacial score (nSPS) is 11.1.